The van der Waals surface area contributed by atoms with Gasteiger partial charge in [0, 0.05) is 12.1 Å². The van der Waals surface area contributed by atoms with Gasteiger partial charge in [0.25, 0.3) is 0 Å². The first-order valence-corrected chi connectivity index (χ1v) is 4.75. The molecule has 7 heteroatoms. The SMILES string of the molecule is O=C(O)C1CCc2nc(C(F)(F)F)[nH]c2C1. The Morgan fingerprint density at radius 1 is 1.50 bits per heavy atom. The summed E-state index contributed by atoms with van der Waals surface area (Å²) in [5.74, 6) is -2.63. The molecular weight excluding hydrogens is 225 g/mol. The number of nitrogens with one attached hydrogen (secondary N) is 1. The fourth-order valence-electron chi connectivity index (χ4n) is 1.83. The zero-order chi connectivity index (χ0) is 11.9. The summed E-state index contributed by atoms with van der Waals surface area (Å²) in [6.45, 7) is 0. The molecule has 1 heterocycles. The number of carboxylic acids is 1. The van der Waals surface area contributed by atoms with Crippen LogP contribution in [0, 0.1) is 5.92 Å². The summed E-state index contributed by atoms with van der Waals surface area (Å²) in [6, 6.07) is 0. The van der Waals surface area contributed by atoms with Crippen molar-refractivity contribution in [3.63, 3.8) is 0 Å². The second kappa shape index (κ2) is 3.50. The van der Waals surface area contributed by atoms with E-state index in [-0.39, 0.29) is 12.8 Å². The Bertz CT molecular complexity index is 425. The molecule has 1 aliphatic carbocycles. The summed E-state index contributed by atoms with van der Waals surface area (Å²) < 4.78 is 37.0. The topological polar surface area (TPSA) is 66.0 Å². The lowest BCUT2D eigenvalue weighted by molar-refractivity contribution is -0.144. The number of carbonyl (C=O) groups is 1. The largest absolute Gasteiger partial charge is 0.481 e. The molecule has 1 atom stereocenters. The second-order valence-electron chi connectivity index (χ2n) is 3.79. The average molecular weight is 234 g/mol. The Morgan fingerprint density at radius 3 is 2.75 bits per heavy atom. The maximum Gasteiger partial charge on any atom is 0.449 e. The van der Waals surface area contributed by atoms with Crippen LogP contribution in [0.3, 0.4) is 0 Å². The third-order valence-electron chi connectivity index (χ3n) is 2.66. The molecule has 2 rings (SSSR count). The van der Waals surface area contributed by atoms with Gasteiger partial charge in [-0.1, -0.05) is 0 Å². The maximum absolute atomic E-state index is 12.3. The van der Waals surface area contributed by atoms with Crippen molar-refractivity contribution in [1.29, 1.82) is 0 Å². The van der Waals surface area contributed by atoms with E-state index < -0.39 is 23.9 Å². The van der Waals surface area contributed by atoms with Crippen molar-refractivity contribution in [3.8, 4) is 0 Å². The van der Waals surface area contributed by atoms with Crippen LogP contribution in [0.5, 0.6) is 0 Å². The average Bonchev–Trinajstić information content (AvgIpc) is 2.58. The van der Waals surface area contributed by atoms with Crippen LogP contribution in [-0.2, 0) is 23.8 Å². The Labute approximate surface area is 88.5 Å². The normalized spacial score (nSPS) is 20.6. The number of halogens is 3. The van der Waals surface area contributed by atoms with Gasteiger partial charge in [-0.05, 0) is 12.8 Å². The highest BCUT2D eigenvalue weighted by molar-refractivity contribution is 5.70. The van der Waals surface area contributed by atoms with E-state index in [2.05, 4.69) is 9.97 Å². The third-order valence-corrected chi connectivity index (χ3v) is 2.66. The number of carboxylic acid groups (broad SMARTS) is 1. The number of nitrogens with zero attached hydrogens (tertiary/aromatic N) is 1. The van der Waals surface area contributed by atoms with E-state index in [9.17, 15) is 18.0 Å². The number of hydrogen-bond donors (Lipinski definition) is 2. The lowest BCUT2D eigenvalue weighted by Crippen LogP contribution is -2.22. The molecule has 0 saturated carbocycles. The Kier molecular flexibility index (Phi) is 2.40. The van der Waals surface area contributed by atoms with Gasteiger partial charge < -0.3 is 10.1 Å². The molecule has 0 fully saturated rings. The molecule has 0 bridgehead atoms. The Balaban J connectivity index is 2.27. The molecule has 1 aliphatic rings. The van der Waals surface area contributed by atoms with E-state index in [4.69, 9.17) is 5.11 Å². The lowest BCUT2D eigenvalue weighted by atomic mass is 9.90. The zero-order valence-corrected chi connectivity index (χ0v) is 8.14. The smallest absolute Gasteiger partial charge is 0.449 e. The minimum Gasteiger partial charge on any atom is -0.481 e. The van der Waals surface area contributed by atoms with Gasteiger partial charge in [-0.15, -0.1) is 0 Å². The molecule has 0 saturated heterocycles. The summed E-state index contributed by atoms with van der Waals surface area (Å²) in [7, 11) is 0. The second-order valence-corrected chi connectivity index (χ2v) is 3.79. The highest BCUT2D eigenvalue weighted by atomic mass is 19.4. The van der Waals surface area contributed by atoms with Gasteiger partial charge in [-0.25, -0.2) is 4.98 Å². The number of imidazole rings is 1. The third kappa shape index (κ3) is 1.89. The van der Waals surface area contributed by atoms with E-state index >= 15 is 0 Å². The number of rotatable bonds is 1. The van der Waals surface area contributed by atoms with Crippen LogP contribution >= 0.6 is 0 Å². The molecule has 4 nitrogen and oxygen atoms in total. The summed E-state index contributed by atoms with van der Waals surface area (Å²) >= 11 is 0. The van der Waals surface area contributed by atoms with E-state index in [0.717, 1.165) is 0 Å². The van der Waals surface area contributed by atoms with Crippen LogP contribution in [0.4, 0.5) is 13.2 Å². The standard InChI is InChI=1S/C9H9F3N2O2/c10-9(11,12)8-13-5-2-1-4(7(15)16)3-6(5)14-8/h4H,1-3H2,(H,13,14)(H,15,16). The zero-order valence-electron chi connectivity index (χ0n) is 8.14. The van der Waals surface area contributed by atoms with Crippen LogP contribution in [0.1, 0.15) is 23.6 Å². The molecule has 1 aromatic heterocycles. The molecule has 2 N–H and O–H groups in total. The van der Waals surface area contributed by atoms with Crippen molar-refractivity contribution >= 4 is 5.97 Å². The summed E-state index contributed by atoms with van der Waals surface area (Å²) in [4.78, 5) is 16.3. The molecule has 88 valence electrons. The van der Waals surface area contributed by atoms with Crippen molar-refractivity contribution in [3.05, 3.63) is 17.2 Å². The van der Waals surface area contributed by atoms with Crippen LogP contribution in [-0.4, -0.2) is 21.0 Å². The molecule has 1 unspecified atom stereocenters. The number of fused-ring (bicyclic) bond motifs is 1. The molecular formula is C9H9F3N2O2. The van der Waals surface area contributed by atoms with Crippen molar-refractivity contribution in [2.75, 3.05) is 0 Å². The molecule has 0 aromatic carbocycles. The Morgan fingerprint density at radius 2 is 2.19 bits per heavy atom. The first kappa shape index (κ1) is 11.0. The monoisotopic (exact) mass is 234 g/mol. The number of aromatic amines is 1. The highest BCUT2D eigenvalue weighted by Gasteiger charge is 2.37. The maximum atomic E-state index is 12.3. The van der Waals surface area contributed by atoms with E-state index in [1.165, 1.54) is 0 Å². The van der Waals surface area contributed by atoms with Crippen molar-refractivity contribution < 1.29 is 23.1 Å². The number of H-pyrrole nitrogens is 1. The number of aryl methyl sites for hydroxylation is 1. The summed E-state index contributed by atoms with van der Waals surface area (Å²) in [6.07, 6.45) is -3.80. The molecule has 0 amide bonds. The van der Waals surface area contributed by atoms with Crippen LogP contribution in [0.2, 0.25) is 0 Å². The van der Waals surface area contributed by atoms with Crippen molar-refractivity contribution in [2.45, 2.75) is 25.4 Å². The summed E-state index contributed by atoms with van der Waals surface area (Å²) in [5, 5.41) is 8.77. The van der Waals surface area contributed by atoms with E-state index in [0.29, 0.717) is 17.8 Å². The molecule has 0 spiro atoms. The predicted octanol–water partition coefficient (Wildman–Crippen LogP) is 1.62. The fourth-order valence-corrected chi connectivity index (χ4v) is 1.83. The van der Waals surface area contributed by atoms with E-state index in [1.807, 2.05) is 0 Å². The minimum atomic E-state index is -4.50. The number of hydrogen-bond acceptors (Lipinski definition) is 2. The fraction of sp³-hybridized carbons (Fsp3) is 0.556. The quantitative estimate of drug-likeness (QED) is 0.775. The van der Waals surface area contributed by atoms with Gasteiger partial charge in [-0.2, -0.15) is 13.2 Å². The first-order valence-electron chi connectivity index (χ1n) is 4.75. The van der Waals surface area contributed by atoms with Crippen LogP contribution in [0.15, 0.2) is 0 Å². The summed E-state index contributed by atoms with van der Waals surface area (Å²) in [5.41, 5.74) is 0.635. The lowest BCUT2D eigenvalue weighted by Gasteiger charge is -2.16. The first-order chi connectivity index (χ1) is 7.38. The molecule has 0 aliphatic heterocycles. The van der Waals surface area contributed by atoms with Crippen molar-refractivity contribution in [1.82, 2.24) is 9.97 Å². The number of aliphatic carboxylic acids is 1. The highest BCUT2D eigenvalue weighted by Crippen LogP contribution is 2.31. The van der Waals surface area contributed by atoms with Gasteiger partial charge in [0.05, 0.1) is 11.6 Å². The number of alkyl halides is 3. The molecule has 0 radical (unpaired) electrons. The van der Waals surface area contributed by atoms with Crippen LogP contribution in [0.25, 0.3) is 0 Å². The minimum absolute atomic E-state index is 0.0910. The predicted molar refractivity (Wildman–Crippen MR) is 46.7 cm³/mol. The van der Waals surface area contributed by atoms with Gasteiger partial charge in [0.15, 0.2) is 0 Å². The van der Waals surface area contributed by atoms with Crippen molar-refractivity contribution in [2.24, 2.45) is 5.92 Å². The van der Waals surface area contributed by atoms with Crippen LogP contribution < -0.4 is 0 Å². The van der Waals surface area contributed by atoms with Gasteiger partial charge >= 0.3 is 12.1 Å². The number of aromatic nitrogens is 2. The van der Waals surface area contributed by atoms with E-state index in [1.54, 1.807) is 0 Å². The van der Waals surface area contributed by atoms with Gasteiger partial charge in [-0.3, -0.25) is 4.79 Å². The Hall–Kier alpha value is -1.53. The van der Waals surface area contributed by atoms with Gasteiger partial charge in [0.2, 0.25) is 5.82 Å². The van der Waals surface area contributed by atoms with Gasteiger partial charge in [0.1, 0.15) is 0 Å². The molecule has 16 heavy (non-hydrogen) atoms. The molecule has 1 aromatic rings.